The van der Waals surface area contributed by atoms with Crippen molar-refractivity contribution in [3.05, 3.63) is 29.3 Å². The minimum Gasteiger partial charge on any atom is -0.538 e. The minimum absolute atomic E-state index is 0.0666. The van der Waals surface area contributed by atoms with Crippen LogP contribution in [-0.4, -0.2) is 16.9 Å². The van der Waals surface area contributed by atoms with Gasteiger partial charge in [0.1, 0.15) is 0 Å². The first kappa shape index (κ1) is 16.4. The number of nitrogens with one attached hydrogen (secondary N) is 1. The molecule has 1 aromatic heterocycles. The van der Waals surface area contributed by atoms with Gasteiger partial charge in [0.2, 0.25) is 5.91 Å². The Morgan fingerprint density at radius 3 is 2.91 bits per heavy atom. The molecule has 2 rings (SSSR count). The van der Waals surface area contributed by atoms with Crippen LogP contribution < -0.4 is 15.1 Å². The van der Waals surface area contributed by atoms with Gasteiger partial charge in [0.15, 0.2) is 13.0 Å². The molecule has 22 heavy (non-hydrogen) atoms. The molecule has 7 heteroatoms. The van der Waals surface area contributed by atoms with Crippen LogP contribution in [0, 0.1) is 6.92 Å². The highest BCUT2D eigenvalue weighted by Gasteiger charge is 2.15. The zero-order chi connectivity index (χ0) is 16.1. The smallest absolute Gasteiger partial charge is 0.290 e. The summed E-state index contributed by atoms with van der Waals surface area (Å²) >= 11 is 1.27. The number of para-hydroxylation sites is 1. The number of hydrogen-bond acceptors (Lipinski definition) is 5. The van der Waals surface area contributed by atoms with E-state index in [9.17, 15) is 9.90 Å². The molecule has 0 bridgehead atoms. The lowest BCUT2D eigenvalue weighted by atomic mass is 10.1. The predicted molar refractivity (Wildman–Crippen MR) is 81.7 cm³/mol. The van der Waals surface area contributed by atoms with Crippen molar-refractivity contribution in [3.8, 4) is 5.95 Å². The molecule has 1 amide bonds. The molecule has 0 aliphatic heterocycles. The Morgan fingerprint density at radius 1 is 1.50 bits per heavy atom. The molecule has 1 N–H and O–H groups in total. The summed E-state index contributed by atoms with van der Waals surface area (Å²) in [4.78, 5) is 12.1. The van der Waals surface area contributed by atoms with E-state index in [1.165, 1.54) is 16.4 Å². The Morgan fingerprint density at radius 2 is 2.27 bits per heavy atom. The standard InChI is InChI=1S/C15H19N3O3S/c1-4-11-7-5-6-10(2)13(11)16-12(19)8-9-22-14-15(20)21-17-18(14)3/h5-7H,4,8-9H2,1-3H3,(H-,16,17,19,20). The van der Waals surface area contributed by atoms with Crippen LogP contribution in [0.15, 0.2) is 27.7 Å². The van der Waals surface area contributed by atoms with Gasteiger partial charge < -0.3 is 14.9 Å². The Hall–Kier alpha value is -2.02. The van der Waals surface area contributed by atoms with Crippen molar-refractivity contribution in [2.45, 2.75) is 31.7 Å². The van der Waals surface area contributed by atoms with Crippen LogP contribution in [0.1, 0.15) is 24.5 Å². The molecule has 1 heterocycles. The van der Waals surface area contributed by atoms with Crippen molar-refractivity contribution < 1.29 is 19.1 Å². The molecule has 118 valence electrons. The Balaban J connectivity index is 1.91. The fraction of sp³-hybridized carbons (Fsp3) is 0.400. The number of aryl methyl sites for hydroxylation is 3. The van der Waals surface area contributed by atoms with Crippen LogP contribution in [-0.2, 0) is 18.3 Å². The normalized spacial score (nSPS) is 10.7. The molecule has 2 aromatic rings. The van der Waals surface area contributed by atoms with Crippen LogP contribution in [0.3, 0.4) is 0 Å². The van der Waals surface area contributed by atoms with E-state index in [-0.39, 0.29) is 5.91 Å². The third kappa shape index (κ3) is 3.79. The van der Waals surface area contributed by atoms with Gasteiger partial charge in [-0.1, -0.05) is 41.6 Å². The average Bonchev–Trinajstić information content (AvgIpc) is 2.81. The first-order chi connectivity index (χ1) is 10.5. The van der Waals surface area contributed by atoms with Gasteiger partial charge >= 0.3 is 0 Å². The monoisotopic (exact) mass is 321 g/mol. The number of thioether (sulfide) groups is 1. The number of amides is 1. The van der Waals surface area contributed by atoms with Gasteiger partial charge in [0, 0.05) is 17.9 Å². The zero-order valence-electron chi connectivity index (χ0n) is 12.9. The van der Waals surface area contributed by atoms with Gasteiger partial charge in [-0.15, -0.1) is 0 Å². The summed E-state index contributed by atoms with van der Waals surface area (Å²) in [5.41, 5.74) is 3.06. The average molecular weight is 321 g/mol. The summed E-state index contributed by atoms with van der Waals surface area (Å²) in [5, 5.41) is 18.3. The van der Waals surface area contributed by atoms with E-state index in [0.29, 0.717) is 17.2 Å². The number of hydrogen-bond donors (Lipinski definition) is 1. The van der Waals surface area contributed by atoms with Gasteiger partial charge in [0.25, 0.3) is 5.03 Å². The molecule has 0 unspecified atom stereocenters. The molecule has 0 aliphatic carbocycles. The Kier molecular flexibility index (Phi) is 5.43. The molecular weight excluding hydrogens is 302 g/mol. The van der Waals surface area contributed by atoms with Crippen LogP contribution in [0.4, 0.5) is 5.69 Å². The molecular formula is C15H19N3O3S. The fourth-order valence-corrected chi connectivity index (χ4v) is 2.96. The highest BCUT2D eigenvalue weighted by atomic mass is 32.2. The zero-order valence-corrected chi connectivity index (χ0v) is 13.7. The molecule has 6 nitrogen and oxygen atoms in total. The van der Waals surface area contributed by atoms with E-state index >= 15 is 0 Å². The highest BCUT2D eigenvalue weighted by molar-refractivity contribution is 7.99. The number of carbonyl (C=O) groups excluding carboxylic acids is 1. The summed E-state index contributed by atoms with van der Waals surface area (Å²) in [7, 11) is 1.63. The summed E-state index contributed by atoms with van der Waals surface area (Å²) in [6.45, 7) is 4.03. The molecule has 0 saturated carbocycles. The quantitative estimate of drug-likeness (QED) is 0.645. The van der Waals surface area contributed by atoms with E-state index in [1.54, 1.807) is 7.05 Å². The maximum atomic E-state index is 12.1. The van der Waals surface area contributed by atoms with Gasteiger partial charge in [-0.05, 0) is 24.5 Å². The highest BCUT2D eigenvalue weighted by Crippen LogP contribution is 2.23. The van der Waals surface area contributed by atoms with Gasteiger partial charge in [0.05, 0.1) is 5.27 Å². The maximum absolute atomic E-state index is 12.1. The molecule has 0 fully saturated rings. The van der Waals surface area contributed by atoms with Crippen molar-refractivity contribution in [3.63, 3.8) is 0 Å². The lowest BCUT2D eigenvalue weighted by Gasteiger charge is -2.12. The van der Waals surface area contributed by atoms with Crippen LogP contribution in [0.2, 0.25) is 0 Å². The van der Waals surface area contributed by atoms with Crippen LogP contribution in [0.25, 0.3) is 0 Å². The molecule has 0 radical (unpaired) electrons. The molecule has 0 atom stereocenters. The van der Waals surface area contributed by atoms with E-state index in [0.717, 1.165) is 23.2 Å². The molecule has 0 saturated heterocycles. The first-order valence-electron chi connectivity index (χ1n) is 7.07. The van der Waals surface area contributed by atoms with Gasteiger partial charge in [-0.25, -0.2) is 0 Å². The Labute approximate surface area is 133 Å². The van der Waals surface area contributed by atoms with Crippen LogP contribution in [0.5, 0.6) is 5.95 Å². The lowest BCUT2D eigenvalue weighted by Crippen LogP contribution is -2.32. The van der Waals surface area contributed by atoms with E-state index in [2.05, 4.69) is 22.0 Å². The molecule has 1 aromatic carbocycles. The van der Waals surface area contributed by atoms with Gasteiger partial charge in [-0.2, -0.15) is 0 Å². The third-order valence-electron chi connectivity index (χ3n) is 3.29. The van der Waals surface area contributed by atoms with Crippen molar-refractivity contribution >= 4 is 23.4 Å². The van der Waals surface area contributed by atoms with E-state index in [1.807, 2.05) is 25.1 Å². The second-order valence-electron chi connectivity index (χ2n) is 4.90. The van der Waals surface area contributed by atoms with E-state index < -0.39 is 5.95 Å². The largest absolute Gasteiger partial charge is 0.538 e. The summed E-state index contributed by atoms with van der Waals surface area (Å²) < 4.78 is 5.91. The lowest BCUT2D eigenvalue weighted by molar-refractivity contribution is -0.772. The predicted octanol–water partition coefficient (Wildman–Crippen LogP) is 1.56. The second-order valence-corrected chi connectivity index (χ2v) is 5.98. The van der Waals surface area contributed by atoms with Crippen molar-refractivity contribution in [2.24, 2.45) is 7.05 Å². The number of aromatic nitrogens is 2. The van der Waals surface area contributed by atoms with Crippen molar-refractivity contribution in [2.75, 3.05) is 11.1 Å². The number of rotatable bonds is 6. The minimum atomic E-state index is -0.472. The van der Waals surface area contributed by atoms with Crippen LogP contribution >= 0.6 is 11.8 Å². The summed E-state index contributed by atoms with van der Waals surface area (Å²) in [5.74, 6) is -0.0492. The topological polar surface area (TPSA) is 82.1 Å². The first-order valence-corrected chi connectivity index (χ1v) is 8.05. The third-order valence-corrected chi connectivity index (χ3v) is 4.40. The van der Waals surface area contributed by atoms with Gasteiger partial charge in [-0.3, -0.25) is 4.79 Å². The molecule has 0 spiro atoms. The number of carbonyl (C=O) groups is 1. The second kappa shape index (κ2) is 7.31. The van der Waals surface area contributed by atoms with Crippen molar-refractivity contribution in [1.29, 1.82) is 0 Å². The fourth-order valence-electron chi connectivity index (χ4n) is 2.10. The SMILES string of the molecule is CCc1cccc(C)c1NC(=O)CCSc1c([O-])on[n+]1C. The summed E-state index contributed by atoms with van der Waals surface area (Å²) in [6.07, 6.45) is 1.18. The summed E-state index contributed by atoms with van der Waals surface area (Å²) in [6, 6.07) is 5.98. The number of anilines is 1. The molecule has 0 aliphatic rings. The van der Waals surface area contributed by atoms with Crippen molar-refractivity contribution in [1.82, 2.24) is 5.27 Å². The maximum Gasteiger partial charge on any atom is 0.290 e. The number of benzene rings is 1. The van der Waals surface area contributed by atoms with E-state index in [4.69, 9.17) is 0 Å². The number of nitrogens with zero attached hydrogens (tertiary/aromatic N) is 2. The Bertz CT molecular complexity index is 651.